The van der Waals surface area contributed by atoms with E-state index in [1.807, 2.05) is 0 Å². The van der Waals surface area contributed by atoms with Gasteiger partial charge in [0.05, 0.1) is 11.5 Å². The molecule has 4 fully saturated rings. The molecule has 116 valence electrons. The van der Waals surface area contributed by atoms with E-state index in [4.69, 9.17) is 15.2 Å². The van der Waals surface area contributed by atoms with E-state index >= 15 is 0 Å². The summed E-state index contributed by atoms with van der Waals surface area (Å²) in [5.41, 5.74) is 7.13. The summed E-state index contributed by atoms with van der Waals surface area (Å²) in [6.45, 7) is 7.01. The third-order valence-corrected chi connectivity index (χ3v) is 6.29. The zero-order valence-electron chi connectivity index (χ0n) is 13.5. The second kappa shape index (κ2) is 4.09. The van der Waals surface area contributed by atoms with Crippen molar-refractivity contribution in [2.24, 2.45) is 22.5 Å². The van der Waals surface area contributed by atoms with Crippen LogP contribution >= 0.6 is 0 Å². The average molecular weight is 289 g/mol. The van der Waals surface area contributed by atoms with Crippen molar-refractivity contribution in [3.63, 3.8) is 0 Å². The molecular weight excluding hydrogens is 262 g/mol. The molecule has 4 aliphatic rings. The van der Waals surface area contributed by atoms with Gasteiger partial charge in [-0.05, 0) is 61.7 Å². The SMILES string of the molecule is CCC(N)c1noc(C23CC4CC(C)(CC(C)(C4)C2)C3)n1. The normalized spacial score (nSPS) is 46.0. The minimum absolute atomic E-state index is 0.0948. The molecule has 5 rings (SSSR count). The van der Waals surface area contributed by atoms with Crippen LogP contribution in [-0.4, -0.2) is 10.1 Å². The molecule has 4 aliphatic carbocycles. The van der Waals surface area contributed by atoms with Gasteiger partial charge >= 0.3 is 0 Å². The van der Waals surface area contributed by atoms with Gasteiger partial charge in [0.25, 0.3) is 0 Å². The monoisotopic (exact) mass is 289 g/mol. The van der Waals surface area contributed by atoms with E-state index in [2.05, 4.69) is 25.9 Å². The van der Waals surface area contributed by atoms with E-state index in [0.717, 1.165) is 18.2 Å². The first-order valence-electron chi connectivity index (χ1n) is 8.45. The summed E-state index contributed by atoms with van der Waals surface area (Å²) in [5, 5.41) is 4.18. The summed E-state index contributed by atoms with van der Waals surface area (Å²) >= 11 is 0. The van der Waals surface area contributed by atoms with Crippen LogP contribution in [-0.2, 0) is 5.41 Å². The highest BCUT2D eigenvalue weighted by Crippen LogP contribution is 2.69. The van der Waals surface area contributed by atoms with Crippen molar-refractivity contribution in [3.8, 4) is 0 Å². The predicted molar refractivity (Wildman–Crippen MR) is 80.6 cm³/mol. The molecule has 1 aromatic rings. The van der Waals surface area contributed by atoms with Crippen LogP contribution in [0.5, 0.6) is 0 Å². The third kappa shape index (κ3) is 1.98. The van der Waals surface area contributed by atoms with Gasteiger partial charge < -0.3 is 10.3 Å². The molecule has 3 atom stereocenters. The van der Waals surface area contributed by atoms with Crippen molar-refractivity contribution in [1.29, 1.82) is 0 Å². The fourth-order valence-electron chi connectivity index (χ4n) is 6.47. The second-order valence-corrected chi connectivity index (χ2v) is 8.88. The zero-order valence-corrected chi connectivity index (χ0v) is 13.5. The predicted octanol–water partition coefficient (Wildman–Crippen LogP) is 3.73. The van der Waals surface area contributed by atoms with Crippen LogP contribution in [0.25, 0.3) is 0 Å². The van der Waals surface area contributed by atoms with Gasteiger partial charge in [-0.25, -0.2) is 0 Å². The van der Waals surface area contributed by atoms with Gasteiger partial charge in [-0.3, -0.25) is 0 Å². The first kappa shape index (κ1) is 13.7. The Kier molecular flexibility index (Phi) is 2.68. The van der Waals surface area contributed by atoms with E-state index in [-0.39, 0.29) is 11.5 Å². The van der Waals surface area contributed by atoms with Crippen LogP contribution in [0.3, 0.4) is 0 Å². The van der Waals surface area contributed by atoms with Crippen molar-refractivity contribution in [3.05, 3.63) is 11.7 Å². The lowest BCUT2D eigenvalue weighted by Crippen LogP contribution is -2.57. The van der Waals surface area contributed by atoms with Gasteiger partial charge in [0, 0.05) is 0 Å². The Hall–Kier alpha value is -0.900. The lowest BCUT2D eigenvalue weighted by molar-refractivity contribution is -0.118. The maximum Gasteiger partial charge on any atom is 0.232 e. The van der Waals surface area contributed by atoms with Crippen LogP contribution in [0.15, 0.2) is 4.52 Å². The minimum atomic E-state index is -0.0948. The summed E-state index contributed by atoms with van der Waals surface area (Å²) in [4.78, 5) is 4.73. The number of rotatable bonds is 3. The first-order chi connectivity index (χ1) is 9.85. The Morgan fingerprint density at radius 2 is 1.86 bits per heavy atom. The number of aromatic nitrogens is 2. The van der Waals surface area contributed by atoms with Gasteiger partial charge in [0.2, 0.25) is 5.89 Å². The Bertz CT molecular complexity index is 548. The van der Waals surface area contributed by atoms with Gasteiger partial charge in [0.15, 0.2) is 5.82 Å². The fourth-order valence-corrected chi connectivity index (χ4v) is 6.47. The van der Waals surface area contributed by atoms with Crippen molar-refractivity contribution in [2.45, 2.75) is 77.2 Å². The van der Waals surface area contributed by atoms with E-state index in [1.165, 1.54) is 38.5 Å². The van der Waals surface area contributed by atoms with Crippen LogP contribution in [0, 0.1) is 16.7 Å². The van der Waals surface area contributed by atoms with Crippen molar-refractivity contribution < 1.29 is 4.52 Å². The number of nitrogens with two attached hydrogens (primary N) is 1. The largest absolute Gasteiger partial charge is 0.339 e. The molecule has 4 bridgehead atoms. The maximum atomic E-state index is 6.07. The summed E-state index contributed by atoms with van der Waals surface area (Å²) in [6, 6.07) is -0.0948. The summed E-state index contributed by atoms with van der Waals surface area (Å²) < 4.78 is 5.72. The Labute approximate surface area is 126 Å². The summed E-state index contributed by atoms with van der Waals surface area (Å²) in [6.07, 6.45) is 8.67. The number of hydrogen-bond donors (Lipinski definition) is 1. The van der Waals surface area contributed by atoms with Crippen LogP contribution < -0.4 is 5.73 Å². The van der Waals surface area contributed by atoms with Crippen molar-refractivity contribution in [1.82, 2.24) is 10.1 Å². The Morgan fingerprint density at radius 1 is 1.19 bits per heavy atom. The van der Waals surface area contributed by atoms with Gasteiger partial charge in [-0.1, -0.05) is 25.9 Å². The lowest BCUT2D eigenvalue weighted by atomic mass is 9.40. The van der Waals surface area contributed by atoms with Crippen LogP contribution in [0.1, 0.15) is 83.5 Å². The third-order valence-electron chi connectivity index (χ3n) is 6.29. The van der Waals surface area contributed by atoms with Crippen molar-refractivity contribution in [2.75, 3.05) is 0 Å². The van der Waals surface area contributed by atoms with E-state index in [9.17, 15) is 0 Å². The molecule has 3 unspecified atom stereocenters. The molecule has 1 heterocycles. The lowest BCUT2D eigenvalue weighted by Gasteiger charge is -2.64. The molecule has 4 heteroatoms. The highest BCUT2D eigenvalue weighted by atomic mass is 16.5. The molecule has 0 spiro atoms. The average Bonchev–Trinajstić information content (AvgIpc) is 2.83. The number of hydrogen-bond acceptors (Lipinski definition) is 4. The van der Waals surface area contributed by atoms with E-state index < -0.39 is 0 Å². The van der Waals surface area contributed by atoms with Crippen LogP contribution in [0.2, 0.25) is 0 Å². The molecular formula is C17H27N3O. The van der Waals surface area contributed by atoms with Gasteiger partial charge in [-0.15, -0.1) is 0 Å². The summed E-state index contributed by atoms with van der Waals surface area (Å²) in [7, 11) is 0. The molecule has 1 aromatic heterocycles. The molecule has 21 heavy (non-hydrogen) atoms. The molecule has 0 aliphatic heterocycles. The quantitative estimate of drug-likeness (QED) is 0.921. The number of nitrogens with zero attached hydrogens (tertiary/aromatic N) is 2. The van der Waals surface area contributed by atoms with Gasteiger partial charge in [0.1, 0.15) is 0 Å². The van der Waals surface area contributed by atoms with Gasteiger partial charge in [-0.2, -0.15) is 4.98 Å². The molecule has 0 radical (unpaired) electrons. The van der Waals surface area contributed by atoms with Crippen molar-refractivity contribution >= 4 is 0 Å². The van der Waals surface area contributed by atoms with E-state index in [1.54, 1.807) is 0 Å². The van der Waals surface area contributed by atoms with Crippen LogP contribution in [0.4, 0.5) is 0 Å². The summed E-state index contributed by atoms with van der Waals surface area (Å²) in [5.74, 6) is 2.41. The fraction of sp³-hybridized carbons (Fsp3) is 0.882. The maximum absolute atomic E-state index is 6.07. The highest BCUT2D eigenvalue weighted by Gasteiger charge is 2.62. The molecule has 0 aromatic carbocycles. The second-order valence-electron chi connectivity index (χ2n) is 8.88. The smallest absolute Gasteiger partial charge is 0.232 e. The first-order valence-corrected chi connectivity index (χ1v) is 8.45. The molecule has 4 nitrogen and oxygen atoms in total. The molecule has 4 saturated carbocycles. The van der Waals surface area contributed by atoms with E-state index in [0.29, 0.717) is 16.7 Å². The Morgan fingerprint density at radius 3 is 2.43 bits per heavy atom. The molecule has 0 saturated heterocycles. The molecule has 0 amide bonds. The molecule has 2 N–H and O–H groups in total. The standard InChI is InChI=1S/C17H27N3O/c1-4-12(18)13-19-14(21-20-13)17-7-11-5-15(2,9-17)8-16(3,6-11)10-17/h11-12H,4-10,18H2,1-3H3. The topological polar surface area (TPSA) is 64.9 Å². The minimum Gasteiger partial charge on any atom is -0.339 e. The Balaban J connectivity index is 1.72. The zero-order chi connectivity index (χ0) is 14.9. The highest BCUT2D eigenvalue weighted by molar-refractivity contribution is 5.20.